The molecule has 0 bridgehead atoms. The summed E-state index contributed by atoms with van der Waals surface area (Å²) >= 11 is 0. The minimum Gasteiger partial charge on any atom is -0.480 e. The number of rotatable bonds is 8. The van der Waals surface area contributed by atoms with E-state index in [1.807, 2.05) is 13.8 Å². The SMILES string of the molecule is CC(C)C[C@@H](NC(=O)CCCCN)C(=O)O. The molecule has 0 rings (SSSR count). The Morgan fingerprint density at radius 2 is 1.94 bits per heavy atom. The topological polar surface area (TPSA) is 92.4 Å². The summed E-state index contributed by atoms with van der Waals surface area (Å²) in [5.74, 6) is -0.937. The molecule has 4 N–H and O–H groups in total. The lowest BCUT2D eigenvalue weighted by Gasteiger charge is -2.16. The molecule has 1 atom stereocenters. The fraction of sp³-hybridized carbons (Fsp3) is 0.818. The predicted octanol–water partition coefficient (Wildman–Crippen LogP) is 0.731. The van der Waals surface area contributed by atoms with E-state index in [1.54, 1.807) is 0 Å². The zero-order valence-electron chi connectivity index (χ0n) is 10.0. The lowest BCUT2D eigenvalue weighted by molar-refractivity contribution is -0.142. The van der Waals surface area contributed by atoms with E-state index < -0.39 is 12.0 Å². The molecule has 0 aliphatic heterocycles. The van der Waals surface area contributed by atoms with Crippen molar-refractivity contribution in [1.82, 2.24) is 5.32 Å². The van der Waals surface area contributed by atoms with E-state index in [2.05, 4.69) is 5.32 Å². The molecular formula is C11H22N2O3. The zero-order valence-corrected chi connectivity index (χ0v) is 10.0. The summed E-state index contributed by atoms with van der Waals surface area (Å²) < 4.78 is 0. The molecular weight excluding hydrogens is 208 g/mol. The Labute approximate surface area is 96.4 Å². The smallest absolute Gasteiger partial charge is 0.326 e. The van der Waals surface area contributed by atoms with Gasteiger partial charge in [0.1, 0.15) is 6.04 Å². The van der Waals surface area contributed by atoms with Crippen LogP contribution in [0.15, 0.2) is 0 Å². The lowest BCUT2D eigenvalue weighted by Crippen LogP contribution is -2.41. The fourth-order valence-electron chi connectivity index (χ4n) is 1.39. The van der Waals surface area contributed by atoms with Crippen LogP contribution in [0.25, 0.3) is 0 Å². The maximum absolute atomic E-state index is 11.4. The van der Waals surface area contributed by atoms with E-state index >= 15 is 0 Å². The third-order valence-corrected chi connectivity index (χ3v) is 2.20. The highest BCUT2D eigenvalue weighted by Gasteiger charge is 2.20. The summed E-state index contributed by atoms with van der Waals surface area (Å²) in [5, 5.41) is 11.4. The Morgan fingerprint density at radius 3 is 2.38 bits per heavy atom. The van der Waals surface area contributed by atoms with Gasteiger partial charge in [-0.25, -0.2) is 4.79 Å². The molecule has 0 unspecified atom stereocenters. The van der Waals surface area contributed by atoms with Crippen molar-refractivity contribution in [2.75, 3.05) is 6.54 Å². The fourth-order valence-corrected chi connectivity index (χ4v) is 1.39. The first-order chi connectivity index (χ1) is 7.47. The second-order valence-electron chi connectivity index (χ2n) is 4.33. The first-order valence-corrected chi connectivity index (χ1v) is 5.69. The number of carbonyl (C=O) groups is 2. The largest absolute Gasteiger partial charge is 0.480 e. The van der Waals surface area contributed by atoms with Crippen LogP contribution >= 0.6 is 0 Å². The Balaban J connectivity index is 3.98. The molecule has 94 valence electrons. The second-order valence-corrected chi connectivity index (χ2v) is 4.33. The van der Waals surface area contributed by atoms with Crippen molar-refractivity contribution in [3.05, 3.63) is 0 Å². The highest BCUT2D eigenvalue weighted by molar-refractivity contribution is 5.83. The number of amides is 1. The van der Waals surface area contributed by atoms with Crippen LogP contribution in [0, 0.1) is 5.92 Å². The van der Waals surface area contributed by atoms with Crippen LogP contribution in [0.4, 0.5) is 0 Å². The third kappa shape index (κ3) is 7.23. The van der Waals surface area contributed by atoms with Crippen molar-refractivity contribution >= 4 is 11.9 Å². The summed E-state index contributed by atoms with van der Waals surface area (Å²) in [5.41, 5.74) is 5.30. The van der Waals surface area contributed by atoms with Crippen LogP contribution in [-0.4, -0.2) is 29.6 Å². The zero-order chi connectivity index (χ0) is 12.6. The molecule has 0 aromatic carbocycles. The summed E-state index contributed by atoms with van der Waals surface area (Å²) in [6, 6.07) is -0.773. The highest BCUT2D eigenvalue weighted by atomic mass is 16.4. The van der Waals surface area contributed by atoms with Gasteiger partial charge in [-0.05, 0) is 31.7 Å². The molecule has 5 heteroatoms. The second kappa shape index (κ2) is 8.10. The van der Waals surface area contributed by atoms with Crippen molar-refractivity contribution in [2.45, 2.75) is 45.6 Å². The van der Waals surface area contributed by atoms with Gasteiger partial charge in [0.15, 0.2) is 0 Å². The molecule has 16 heavy (non-hydrogen) atoms. The van der Waals surface area contributed by atoms with E-state index in [0.717, 1.165) is 6.42 Å². The number of nitrogens with two attached hydrogens (primary N) is 1. The van der Waals surface area contributed by atoms with Gasteiger partial charge in [0.05, 0.1) is 0 Å². The van der Waals surface area contributed by atoms with E-state index in [-0.39, 0.29) is 11.8 Å². The summed E-state index contributed by atoms with van der Waals surface area (Å²) in [7, 11) is 0. The molecule has 0 aliphatic carbocycles. The van der Waals surface area contributed by atoms with Gasteiger partial charge in [-0.3, -0.25) is 4.79 Å². The van der Waals surface area contributed by atoms with Gasteiger partial charge in [0.25, 0.3) is 0 Å². The van der Waals surface area contributed by atoms with Crippen molar-refractivity contribution < 1.29 is 14.7 Å². The van der Waals surface area contributed by atoms with Crippen molar-refractivity contribution in [3.63, 3.8) is 0 Å². The van der Waals surface area contributed by atoms with Crippen molar-refractivity contribution in [2.24, 2.45) is 11.7 Å². The maximum Gasteiger partial charge on any atom is 0.326 e. The van der Waals surface area contributed by atoms with Crippen LogP contribution in [0.3, 0.4) is 0 Å². The number of carboxylic acid groups (broad SMARTS) is 1. The van der Waals surface area contributed by atoms with E-state index in [1.165, 1.54) is 0 Å². The molecule has 1 amide bonds. The molecule has 5 nitrogen and oxygen atoms in total. The molecule has 0 spiro atoms. The number of hydrogen-bond donors (Lipinski definition) is 3. The molecule has 0 aromatic heterocycles. The molecule has 0 aromatic rings. The number of carbonyl (C=O) groups excluding carboxylic acids is 1. The Bertz CT molecular complexity index is 229. The van der Waals surface area contributed by atoms with Gasteiger partial charge < -0.3 is 16.2 Å². The predicted molar refractivity (Wildman–Crippen MR) is 61.9 cm³/mol. The monoisotopic (exact) mass is 230 g/mol. The molecule has 0 radical (unpaired) electrons. The van der Waals surface area contributed by atoms with Gasteiger partial charge in [0, 0.05) is 6.42 Å². The molecule has 0 aliphatic rings. The van der Waals surface area contributed by atoms with Crippen LogP contribution in [-0.2, 0) is 9.59 Å². The summed E-state index contributed by atoms with van der Waals surface area (Å²) in [6.45, 7) is 4.41. The quantitative estimate of drug-likeness (QED) is 0.536. The summed E-state index contributed by atoms with van der Waals surface area (Å²) in [4.78, 5) is 22.3. The Hall–Kier alpha value is -1.10. The maximum atomic E-state index is 11.4. The minimum absolute atomic E-state index is 0.207. The minimum atomic E-state index is -0.971. The average molecular weight is 230 g/mol. The van der Waals surface area contributed by atoms with Crippen LogP contribution in [0.2, 0.25) is 0 Å². The first kappa shape index (κ1) is 14.9. The van der Waals surface area contributed by atoms with Crippen molar-refractivity contribution in [1.29, 1.82) is 0 Å². The molecule has 0 fully saturated rings. The molecule has 0 saturated carbocycles. The standard InChI is InChI=1S/C11H22N2O3/c1-8(2)7-9(11(15)16)13-10(14)5-3-4-6-12/h8-9H,3-7,12H2,1-2H3,(H,13,14)(H,15,16)/t9-/m1/s1. The van der Waals surface area contributed by atoms with E-state index in [9.17, 15) is 9.59 Å². The van der Waals surface area contributed by atoms with E-state index in [0.29, 0.717) is 25.8 Å². The van der Waals surface area contributed by atoms with Crippen LogP contribution in [0.1, 0.15) is 39.5 Å². The van der Waals surface area contributed by atoms with Crippen LogP contribution in [0.5, 0.6) is 0 Å². The van der Waals surface area contributed by atoms with E-state index in [4.69, 9.17) is 10.8 Å². The number of unbranched alkanes of at least 4 members (excludes halogenated alkanes) is 1. The Morgan fingerprint density at radius 1 is 1.31 bits per heavy atom. The average Bonchev–Trinajstić information content (AvgIpc) is 2.16. The van der Waals surface area contributed by atoms with Gasteiger partial charge in [-0.2, -0.15) is 0 Å². The van der Waals surface area contributed by atoms with Gasteiger partial charge >= 0.3 is 5.97 Å². The van der Waals surface area contributed by atoms with Gasteiger partial charge in [0.2, 0.25) is 5.91 Å². The highest BCUT2D eigenvalue weighted by Crippen LogP contribution is 2.05. The lowest BCUT2D eigenvalue weighted by atomic mass is 10.0. The van der Waals surface area contributed by atoms with Gasteiger partial charge in [-0.15, -0.1) is 0 Å². The van der Waals surface area contributed by atoms with Gasteiger partial charge in [-0.1, -0.05) is 13.8 Å². The number of carboxylic acids is 1. The normalized spacial score (nSPS) is 12.5. The summed E-state index contributed by atoms with van der Waals surface area (Å²) in [6.07, 6.45) is 2.29. The number of aliphatic carboxylic acids is 1. The number of nitrogens with one attached hydrogen (secondary N) is 1. The molecule has 0 saturated heterocycles. The Kier molecular flexibility index (Phi) is 7.54. The first-order valence-electron chi connectivity index (χ1n) is 5.69. The molecule has 0 heterocycles. The third-order valence-electron chi connectivity index (χ3n) is 2.20. The number of hydrogen-bond acceptors (Lipinski definition) is 3. The van der Waals surface area contributed by atoms with Crippen molar-refractivity contribution in [3.8, 4) is 0 Å². The van der Waals surface area contributed by atoms with Crippen LogP contribution < -0.4 is 11.1 Å².